The third-order valence-corrected chi connectivity index (χ3v) is 8.45. The van der Waals surface area contributed by atoms with Crippen LogP contribution in [0.3, 0.4) is 0 Å². The Bertz CT molecular complexity index is 979. The van der Waals surface area contributed by atoms with E-state index < -0.39 is 21.8 Å². The van der Waals surface area contributed by atoms with Gasteiger partial charge in [-0.1, -0.05) is 18.6 Å². The molecule has 0 N–H and O–H groups in total. The zero-order chi connectivity index (χ0) is 21.9. The number of carbonyl (C=O) groups is 1. The number of thiophene rings is 1. The van der Waals surface area contributed by atoms with E-state index in [0.29, 0.717) is 23.5 Å². The van der Waals surface area contributed by atoms with Crippen molar-refractivity contribution in [3.8, 4) is 0 Å². The van der Waals surface area contributed by atoms with Crippen molar-refractivity contribution in [2.45, 2.75) is 42.6 Å². The first-order chi connectivity index (χ1) is 14.1. The summed E-state index contributed by atoms with van der Waals surface area (Å²) in [6.45, 7) is 1.20. The summed E-state index contributed by atoms with van der Waals surface area (Å²) in [5.41, 5.74) is -0.153. The normalized spacial score (nSPS) is 15.9. The van der Waals surface area contributed by atoms with Crippen molar-refractivity contribution < 1.29 is 26.4 Å². The highest BCUT2D eigenvalue weighted by molar-refractivity contribution is 7.91. The van der Waals surface area contributed by atoms with Crippen LogP contribution < -0.4 is 0 Å². The van der Waals surface area contributed by atoms with Gasteiger partial charge in [0.25, 0.3) is 10.0 Å². The topological polar surface area (TPSA) is 57.7 Å². The van der Waals surface area contributed by atoms with Crippen LogP contribution in [0.1, 0.15) is 35.3 Å². The lowest BCUT2D eigenvalue weighted by atomic mass is 10.1. The highest BCUT2D eigenvalue weighted by Gasteiger charge is 2.30. The first-order valence-electron chi connectivity index (χ1n) is 9.56. The number of sulfonamides is 1. The summed E-state index contributed by atoms with van der Waals surface area (Å²) in [5, 5.41) is 0. The minimum Gasteiger partial charge on any atom is -0.341 e. The maximum atomic E-state index is 12.7. The average molecular weight is 461 g/mol. The van der Waals surface area contributed by atoms with Gasteiger partial charge in [-0.15, -0.1) is 11.3 Å². The molecule has 0 radical (unpaired) electrons. The predicted molar refractivity (Wildman–Crippen MR) is 109 cm³/mol. The summed E-state index contributed by atoms with van der Waals surface area (Å²) in [6, 6.07) is 7.86. The Hall–Kier alpha value is -1.91. The van der Waals surface area contributed by atoms with Gasteiger partial charge >= 0.3 is 6.18 Å². The van der Waals surface area contributed by atoms with Gasteiger partial charge in [-0.3, -0.25) is 4.79 Å². The number of nitrogens with zero attached hydrogens (tertiary/aromatic N) is 2. The molecule has 3 rings (SSSR count). The Morgan fingerprint density at radius 2 is 1.70 bits per heavy atom. The van der Waals surface area contributed by atoms with Crippen molar-refractivity contribution >= 4 is 27.3 Å². The van der Waals surface area contributed by atoms with Crippen molar-refractivity contribution in [1.29, 1.82) is 0 Å². The number of hydrogen-bond donors (Lipinski definition) is 0. The fourth-order valence-electron chi connectivity index (χ4n) is 3.27. The lowest BCUT2D eigenvalue weighted by Crippen LogP contribution is -2.35. The van der Waals surface area contributed by atoms with Crippen LogP contribution in [0.2, 0.25) is 0 Å². The van der Waals surface area contributed by atoms with Gasteiger partial charge < -0.3 is 4.90 Å². The third-order valence-electron chi connectivity index (χ3n) is 5.00. The quantitative estimate of drug-likeness (QED) is 0.651. The van der Waals surface area contributed by atoms with E-state index >= 15 is 0 Å². The van der Waals surface area contributed by atoms with Gasteiger partial charge in [0.05, 0.1) is 12.0 Å². The SMILES string of the molecule is CN(Cc1ccc(C(F)(F)F)cc1)C(=O)Cc1ccc(S(=O)(=O)N2CCCCC2)s1. The molecule has 1 saturated heterocycles. The fraction of sp³-hybridized carbons (Fsp3) is 0.450. The van der Waals surface area contributed by atoms with E-state index in [0.717, 1.165) is 42.7 Å². The zero-order valence-electron chi connectivity index (χ0n) is 16.5. The second-order valence-corrected chi connectivity index (χ2v) is 10.6. The molecule has 1 aliphatic rings. The van der Waals surface area contributed by atoms with Crippen LogP contribution in [-0.2, 0) is 34.0 Å². The second kappa shape index (κ2) is 9.07. The highest BCUT2D eigenvalue weighted by atomic mass is 32.2. The molecule has 1 aromatic carbocycles. The maximum absolute atomic E-state index is 12.7. The average Bonchev–Trinajstić information content (AvgIpc) is 3.17. The van der Waals surface area contributed by atoms with E-state index in [2.05, 4.69) is 0 Å². The molecule has 1 aromatic heterocycles. The maximum Gasteiger partial charge on any atom is 0.416 e. The molecule has 30 heavy (non-hydrogen) atoms. The van der Waals surface area contributed by atoms with Gasteiger partial charge in [-0.25, -0.2) is 8.42 Å². The highest BCUT2D eigenvalue weighted by Crippen LogP contribution is 2.30. The molecule has 0 saturated carbocycles. The van der Waals surface area contributed by atoms with Crippen LogP contribution in [0.25, 0.3) is 0 Å². The van der Waals surface area contributed by atoms with Crippen molar-refractivity contribution in [3.05, 3.63) is 52.4 Å². The van der Waals surface area contributed by atoms with Crippen molar-refractivity contribution in [3.63, 3.8) is 0 Å². The molecule has 1 amide bonds. The summed E-state index contributed by atoms with van der Waals surface area (Å²) >= 11 is 1.09. The first kappa shape index (κ1) is 22.8. The Morgan fingerprint density at radius 1 is 1.07 bits per heavy atom. The molecule has 0 spiro atoms. The van der Waals surface area contributed by atoms with E-state index in [9.17, 15) is 26.4 Å². The minimum atomic E-state index is -4.40. The molecule has 0 aliphatic carbocycles. The molecule has 1 fully saturated rings. The standard InChI is InChI=1S/C20H23F3N2O3S2/c1-24(14-15-5-7-16(8-6-15)20(21,22)23)18(26)13-17-9-10-19(29-17)30(27,28)25-11-3-2-4-12-25/h5-10H,2-4,11-14H2,1H3. The smallest absolute Gasteiger partial charge is 0.341 e. The van der Waals surface area contributed by atoms with Crippen LogP contribution in [0.4, 0.5) is 13.2 Å². The van der Waals surface area contributed by atoms with E-state index in [1.54, 1.807) is 13.1 Å². The van der Waals surface area contributed by atoms with Gasteiger partial charge in [0.15, 0.2) is 0 Å². The molecule has 164 valence electrons. The van der Waals surface area contributed by atoms with Gasteiger partial charge in [0, 0.05) is 31.6 Å². The van der Waals surface area contributed by atoms with Gasteiger partial charge in [-0.2, -0.15) is 17.5 Å². The number of likely N-dealkylation sites (N-methyl/N-ethyl adjacent to an activating group) is 1. The van der Waals surface area contributed by atoms with Crippen molar-refractivity contribution in [2.75, 3.05) is 20.1 Å². The second-order valence-electron chi connectivity index (χ2n) is 7.31. The molecule has 0 atom stereocenters. The van der Waals surface area contributed by atoms with Gasteiger partial charge in [0.2, 0.25) is 5.91 Å². The van der Waals surface area contributed by atoms with Crippen LogP contribution in [0, 0.1) is 0 Å². The summed E-state index contributed by atoms with van der Waals surface area (Å²) in [6.07, 6.45) is -1.63. The Balaban J connectivity index is 1.60. The molecule has 5 nitrogen and oxygen atoms in total. The number of rotatable bonds is 6. The van der Waals surface area contributed by atoms with Crippen LogP contribution >= 0.6 is 11.3 Å². The first-order valence-corrected chi connectivity index (χ1v) is 11.8. The summed E-state index contributed by atoms with van der Waals surface area (Å²) < 4.78 is 65.1. The molecular weight excluding hydrogens is 437 g/mol. The Morgan fingerprint density at radius 3 is 2.30 bits per heavy atom. The monoisotopic (exact) mass is 460 g/mol. The number of halogens is 3. The minimum absolute atomic E-state index is 0.0390. The molecule has 1 aliphatic heterocycles. The number of carbonyl (C=O) groups excluding carboxylic acids is 1. The van der Waals surface area contributed by atoms with Crippen molar-refractivity contribution in [2.24, 2.45) is 0 Å². The molecule has 0 unspecified atom stereocenters. The number of benzene rings is 1. The van der Waals surface area contributed by atoms with E-state index in [4.69, 9.17) is 0 Å². The number of amides is 1. The molecule has 0 bridgehead atoms. The lowest BCUT2D eigenvalue weighted by Gasteiger charge is -2.25. The number of hydrogen-bond acceptors (Lipinski definition) is 4. The van der Waals surface area contributed by atoms with Crippen molar-refractivity contribution in [1.82, 2.24) is 9.21 Å². The Labute approximate surface area is 178 Å². The van der Waals surface area contributed by atoms with Crippen LogP contribution in [-0.4, -0.2) is 43.7 Å². The zero-order valence-corrected chi connectivity index (χ0v) is 18.1. The molecule has 10 heteroatoms. The van der Waals surface area contributed by atoms with Gasteiger partial charge in [-0.05, 0) is 42.7 Å². The summed E-state index contributed by atoms with van der Waals surface area (Å²) in [5.74, 6) is -0.237. The molecule has 2 aromatic rings. The molecular formula is C20H23F3N2O3S2. The largest absolute Gasteiger partial charge is 0.416 e. The van der Waals surface area contributed by atoms with E-state index in [-0.39, 0.29) is 23.1 Å². The Kier molecular flexibility index (Phi) is 6.88. The lowest BCUT2D eigenvalue weighted by molar-refractivity contribution is -0.137. The predicted octanol–water partition coefficient (Wildman–Crippen LogP) is 4.14. The van der Waals surface area contributed by atoms with Crippen LogP contribution in [0.5, 0.6) is 0 Å². The number of alkyl halides is 3. The van der Waals surface area contributed by atoms with E-state index in [1.807, 2.05) is 0 Å². The summed E-state index contributed by atoms with van der Waals surface area (Å²) in [4.78, 5) is 14.5. The molecule has 2 heterocycles. The van der Waals surface area contributed by atoms with Gasteiger partial charge in [0.1, 0.15) is 4.21 Å². The fourth-order valence-corrected chi connectivity index (χ4v) is 6.29. The third kappa shape index (κ3) is 5.41. The summed E-state index contributed by atoms with van der Waals surface area (Å²) in [7, 11) is -1.96. The number of piperidine rings is 1. The van der Waals surface area contributed by atoms with Crippen LogP contribution in [0.15, 0.2) is 40.6 Å². The van der Waals surface area contributed by atoms with E-state index in [1.165, 1.54) is 27.4 Å².